The van der Waals surface area contributed by atoms with Gasteiger partial charge in [0, 0.05) is 17.0 Å². The first-order valence-electron chi connectivity index (χ1n) is 7.58. The van der Waals surface area contributed by atoms with Gasteiger partial charge in [0.2, 0.25) is 3.79 Å². The molecule has 0 fully saturated rings. The van der Waals surface area contributed by atoms with E-state index >= 15 is 0 Å². The van der Waals surface area contributed by atoms with Crippen molar-refractivity contribution >= 4 is 85.6 Å². The minimum Gasteiger partial charge on any atom is -0.288 e. The predicted molar refractivity (Wildman–Crippen MR) is 113 cm³/mol. The third-order valence-corrected chi connectivity index (χ3v) is 5.26. The minimum absolute atomic E-state index is 0.0594. The Bertz CT molecular complexity index is 1180. The van der Waals surface area contributed by atoms with Crippen LogP contribution in [0.1, 0.15) is 17.1 Å². The van der Waals surface area contributed by atoms with Crippen molar-refractivity contribution in [2.75, 3.05) is 5.43 Å². The molecular weight excluding hydrogens is 450 g/mol. The van der Waals surface area contributed by atoms with Crippen molar-refractivity contribution in [1.29, 1.82) is 0 Å². The molecule has 3 heterocycles. The van der Waals surface area contributed by atoms with Gasteiger partial charge in [-0.2, -0.15) is 5.10 Å². The first-order valence-corrected chi connectivity index (χ1v) is 9.98. The molecule has 138 valence electrons. The second-order valence-electron chi connectivity index (χ2n) is 5.63. The number of aromatic nitrogens is 4. The lowest BCUT2D eigenvalue weighted by Gasteiger charge is -2.13. The Morgan fingerprint density at radius 3 is 2.81 bits per heavy atom. The first kappa shape index (κ1) is 18.7. The Balaban J connectivity index is 1.75. The number of nitrogens with one attached hydrogen (secondary N) is 1. The van der Waals surface area contributed by atoms with Gasteiger partial charge in [-0.05, 0) is 19.1 Å². The van der Waals surface area contributed by atoms with Crippen molar-refractivity contribution in [3.63, 3.8) is 0 Å². The molecule has 0 bridgehead atoms. The van der Waals surface area contributed by atoms with Crippen LogP contribution in [0.4, 0.5) is 5.82 Å². The number of thiazole rings is 1. The fraction of sp³-hybridized carbons (Fsp3) is 0.125. The van der Waals surface area contributed by atoms with Gasteiger partial charge in [0.1, 0.15) is 5.69 Å². The summed E-state index contributed by atoms with van der Waals surface area (Å²) in [5.74, 6) is 0.479. The smallest absolute Gasteiger partial charge is 0.250 e. The standard InChI is InChI=1S/C16H10Cl4N6S/c1-8-2-3-10-9(6-8)13(24-14(22-10)16(18,19)20)25-21-7-11-12(17)23-15-26(11)4-5-27-15/h2-7H,1H3,(H,22,24,25)/b21-7+. The van der Waals surface area contributed by atoms with Crippen molar-refractivity contribution in [1.82, 2.24) is 19.4 Å². The number of imidazole rings is 1. The maximum atomic E-state index is 6.17. The molecule has 11 heteroatoms. The number of anilines is 1. The Labute approximate surface area is 177 Å². The Hall–Kier alpha value is -1.64. The summed E-state index contributed by atoms with van der Waals surface area (Å²) in [4.78, 5) is 13.7. The van der Waals surface area contributed by atoms with Crippen molar-refractivity contribution in [3.8, 4) is 0 Å². The normalized spacial score (nSPS) is 12.5. The van der Waals surface area contributed by atoms with E-state index in [-0.39, 0.29) is 5.82 Å². The van der Waals surface area contributed by atoms with Crippen LogP contribution in [-0.4, -0.2) is 25.6 Å². The number of alkyl halides is 3. The average molecular weight is 460 g/mol. The summed E-state index contributed by atoms with van der Waals surface area (Å²) in [7, 11) is 0. The van der Waals surface area contributed by atoms with Gasteiger partial charge < -0.3 is 0 Å². The minimum atomic E-state index is -1.75. The highest BCUT2D eigenvalue weighted by molar-refractivity contribution is 7.15. The van der Waals surface area contributed by atoms with Crippen molar-refractivity contribution in [2.24, 2.45) is 5.10 Å². The maximum absolute atomic E-state index is 6.17. The van der Waals surface area contributed by atoms with E-state index in [4.69, 9.17) is 46.4 Å². The molecule has 0 amide bonds. The van der Waals surface area contributed by atoms with E-state index in [1.807, 2.05) is 41.1 Å². The monoisotopic (exact) mass is 458 g/mol. The zero-order chi connectivity index (χ0) is 19.2. The van der Waals surface area contributed by atoms with Crippen LogP contribution in [0.5, 0.6) is 0 Å². The average Bonchev–Trinajstić information content (AvgIpc) is 3.16. The fourth-order valence-corrected chi connectivity index (χ4v) is 3.75. The van der Waals surface area contributed by atoms with Gasteiger partial charge >= 0.3 is 0 Å². The predicted octanol–water partition coefficient (Wildman–Crippen LogP) is 5.57. The summed E-state index contributed by atoms with van der Waals surface area (Å²) in [6, 6.07) is 5.69. The lowest BCUT2D eigenvalue weighted by Crippen LogP contribution is -2.09. The van der Waals surface area contributed by atoms with Crippen LogP contribution in [0.2, 0.25) is 5.15 Å². The number of benzene rings is 1. The highest BCUT2D eigenvalue weighted by Gasteiger charge is 2.28. The number of halogens is 4. The number of hydrazone groups is 1. The lowest BCUT2D eigenvalue weighted by molar-refractivity contribution is 0.992. The second-order valence-corrected chi connectivity index (χ2v) is 9.14. The molecule has 27 heavy (non-hydrogen) atoms. The number of hydrogen-bond donors (Lipinski definition) is 1. The van der Waals surface area contributed by atoms with E-state index in [0.717, 1.165) is 15.9 Å². The molecule has 0 spiro atoms. The van der Waals surface area contributed by atoms with Gasteiger partial charge in [0.25, 0.3) is 0 Å². The zero-order valence-corrected chi connectivity index (χ0v) is 17.5. The van der Waals surface area contributed by atoms with Crippen LogP contribution in [0.25, 0.3) is 15.9 Å². The summed E-state index contributed by atoms with van der Waals surface area (Å²) in [5, 5.41) is 7.27. The topological polar surface area (TPSA) is 67.5 Å². The van der Waals surface area contributed by atoms with Gasteiger partial charge in [0.05, 0.1) is 11.7 Å². The molecule has 0 atom stereocenters. The van der Waals surface area contributed by atoms with E-state index < -0.39 is 3.79 Å². The van der Waals surface area contributed by atoms with Gasteiger partial charge in [-0.1, -0.05) is 58.0 Å². The van der Waals surface area contributed by atoms with Crippen LogP contribution < -0.4 is 5.43 Å². The molecule has 1 aromatic carbocycles. The molecule has 6 nitrogen and oxygen atoms in total. The first-order chi connectivity index (χ1) is 12.8. The number of hydrogen-bond acceptors (Lipinski definition) is 6. The van der Waals surface area contributed by atoms with Gasteiger partial charge in [0.15, 0.2) is 21.8 Å². The Morgan fingerprint density at radius 2 is 2.04 bits per heavy atom. The van der Waals surface area contributed by atoms with Crippen LogP contribution in [0.15, 0.2) is 34.9 Å². The molecule has 0 saturated carbocycles. The number of fused-ring (bicyclic) bond motifs is 2. The Morgan fingerprint density at radius 1 is 1.22 bits per heavy atom. The number of nitrogens with zero attached hydrogens (tertiary/aromatic N) is 5. The van der Waals surface area contributed by atoms with Crippen molar-refractivity contribution in [3.05, 3.63) is 52.0 Å². The van der Waals surface area contributed by atoms with Gasteiger partial charge in [-0.25, -0.2) is 15.0 Å². The summed E-state index contributed by atoms with van der Waals surface area (Å²) in [5.41, 5.74) is 5.22. The zero-order valence-electron chi connectivity index (χ0n) is 13.6. The molecule has 4 aromatic rings. The highest BCUT2D eigenvalue weighted by Crippen LogP contribution is 2.37. The van der Waals surface area contributed by atoms with Crippen molar-refractivity contribution in [2.45, 2.75) is 10.7 Å². The molecule has 0 saturated heterocycles. The molecule has 1 N–H and O–H groups in total. The van der Waals surface area contributed by atoms with E-state index in [1.165, 1.54) is 11.3 Å². The summed E-state index contributed by atoms with van der Waals surface area (Å²) >= 11 is 25.5. The van der Waals surface area contributed by atoms with E-state index in [0.29, 0.717) is 22.2 Å². The van der Waals surface area contributed by atoms with Crippen LogP contribution >= 0.6 is 57.7 Å². The quantitative estimate of drug-likeness (QED) is 0.247. The summed E-state index contributed by atoms with van der Waals surface area (Å²) < 4.78 is 0.0873. The maximum Gasteiger partial charge on any atom is 0.250 e. The van der Waals surface area contributed by atoms with Crippen molar-refractivity contribution < 1.29 is 0 Å². The second kappa shape index (κ2) is 7.07. The van der Waals surface area contributed by atoms with Gasteiger partial charge in [-0.3, -0.25) is 9.83 Å². The third kappa shape index (κ3) is 3.70. The Kier molecular flexibility index (Phi) is 4.90. The summed E-state index contributed by atoms with van der Waals surface area (Å²) in [6.07, 6.45) is 3.43. The number of rotatable bonds is 3. The molecule has 0 aliphatic carbocycles. The molecule has 3 aromatic heterocycles. The van der Waals surface area contributed by atoms with Crippen LogP contribution in [0, 0.1) is 6.92 Å². The lowest BCUT2D eigenvalue weighted by atomic mass is 10.1. The molecule has 0 radical (unpaired) electrons. The van der Waals surface area contributed by atoms with Crippen LogP contribution in [0.3, 0.4) is 0 Å². The molecule has 0 unspecified atom stereocenters. The molecule has 4 rings (SSSR count). The molecule has 0 aliphatic rings. The van der Waals surface area contributed by atoms with E-state index in [2.05, 4.69) is 25.5 Å². The SMILES string of the molecule is Cc1ccc2nc(C(Cl)(Cl)Cl)nc(N/N=C/c3c(Cl)nc4sccn34)c2c1. The van der Waals surface area contributed by atoms with E-state index in [9.17, 15) is 0 Å². The van der Waals surface area contributed by atoms with Gasteiger partial charge in [-0.15, -0.1) is 11.3 Å². The van der Waals surface area contributed by atoms with Crippen LogP contribution in [-0.2, 0) is 3.79 Å². The highest BCUT2D eigenvalue weighted by atomic mass is 35.6. The van der Waals surface area contributed by atoms with E-state index in [1.54, 1.807) is 6.21 Å². The number of aryl methyl sites for hydroxylation is 1. The molecular formula is C16H10Cl4N6S. The summed E-state index contributed by atoms with van der Waals surface area (Å²) in [6.45, 7) is 1.97. The fourth-order valence-electron chi connectivity index (χ4n) is 2.50. The largest absolute Gasteiger partial charge is 0.288 e. The molecule has 0 aliphatic heterocycles. The third-order valence-electron chi connectivity index (χ3n) is 3.72.